The van der Waals surface area contributed by atoms with E-state index in [2.05, 4.69) is 34.8 Å². The second-order valence-electron chi connectivity index (χ2n) is 2.11. The third-order valence-electron chi connectivity index (χ3n) is 1.08. The molecule has 0 nitrogen and oxygen atoms in total. The molecule has 3 heterocycles. The molecule has 3 rings (SSSR count). The Morgan fingerprint density at radius 2 is 0.762 bits per heavy atom. The van der Waals surface area contributed by atoms with E-state index in [1.165, 1.54) is 23.6 Å². The third-order valence-corrected chi connectivity index (χ3v) is 6.92. The van der Waals surface area contributed by atoms with Gasteiger partial charge < -0.3 is 37.2 Å². The first-order valence-electron chi connectivity index (χ1n) is 4.07. The van der Waals surface area contributed by atoms with E-state index in [0.717, 1.165) is 23.6 Å². The third kappa shape index (κ3) is 32.3. The van der Waals surface area contributed by atoms with E-state index in [9.17, 15) is 0 Å². The zero-order valence-corrected chi connectivity index (χ0v) is 25.8. The first-order valence-corrected chi connectivity index (χ1v) is 12.5. The van der Waals surface area contributed by atoms with Crippen molar-refractivity contribution in [1.29, 1.82) is 0 Å². The molecule has 0 aromatic carbocycles. The summed E-state index contributed by atoms with van der Waals surface area (Å²) in [6.45, 7) is 0. The number of hydrogen-bond donors (Lipinski definition) is 0. The molecule has 12 heteroatoms. The van der Waals surface area contributed by atoms with Gasteiger partial charge in [-0.25, -0.2) is 59.2 Å². The molecule has 0 amide bonds. The van der Waals surface area contributed by atoms with Gasteiger partial charge in [-0.15, -0.1) is 0 Å². The molecule has 0 bridgehead atoms. The summed E-state index contributed by atoms with van der Waals surface area (Å²) in [6.07, 6.45) is 0. The Hall–Kier alpha value is 4.15. The molecule has 0 N–H and O–H groups in total. The molecule has 0 radical (unpaired) electrons. The SMILES string of the molecule is [Cl-].[Cl-].[Cl-].[Zr+2].[Zr+2].[Zr+2].[c-]1cc[pH]p1.[c-]1cc[pH]p1.[c-]1cc[pH]p1. The van der Waals surface area contributed by atoms with E-state index >= 15 is 0 Å². The van der Waals surface area contributed by atoms with Crippen LogP contribution in [0, 0.1) is 17.4 Å². The monoisotopic (exact) mass is 678 g/mol. The fourth-order valence-electron chi connectivity index (χ4n) is 0.559. The van der Waals surface area contributed by atoms with Crippen molar-refractivity contribution in [1.82, 2.24) is 0 Å². The van der Waals surface area contributed by atoms with Crippen LogP contribution in [-0.2, 0) is 78.6 Å². The van der Waals surface area contributed by atoms with Crippen LogP contribution in [0.5, 0.6) is 0 Å². The van der Waals surface area contributed by atoms with Crippen LogP contribution in [-0.4, -0.2) is 0 Å². The van der Waals surface area contributed by atoms with Gasteiger partial charge in [0.25, 0.3) is 0 Å². The van der Waals surface area contributed by atoms with Gasteiger partial charge >= 0.3 is 78.6 Å². The summed E-state index contributed by atoms with van der Waals surface area (Å²) in [6, 6.07) is 5.96. The molecule has 0 fully saturated rings. The fraction of sp³-hybridized carbons (Fsp3) is 0. The molecule has 0 aliphatic heterocycles. The fourth-order valence-corrected chi connectivity index (χ4v) is 5.03. The normalized spacial score (nSPS) is 8.00. The molecule has 0 saturated heterocycles. The molecular weight excluding hydrogens is 674 g/mol. The van der Waals surface area contributed by atoms with E-state index in [-0.39, 0.29) is 116 Å². The van der Waals surface area contributed by atoms with Gasteiger partial charge in [0, 0.05) is 0 Å². The van der Waals surface area contributed by atoms with Gasteiger partial charge in [0.2, 0.25) is 0 Å². The molecule has 0 aliphatic carbocycles. The maximum atomic E-state index is 3.03. The van der Waals surface area contributed by atoms with Crippen molar-refractivity contribution in [2.45, 2.75) is 0 Å². The topological polar surface area (TPSA) is 0 Å². The van der Waals surface area contributed by atoms with Crippen molar-refractivity contribution in [3.63, 3.8) is 0 Å². The van der Waals surface area contributed by atoms with Crippen molar-refractivity contribution in [2.75, 3.05) is 0 Å². The molecule has 3 atom stereocenters. The first kappa shape index (κ1) is 40.0. The van der Waals surface area contributed by atoms with E-state index < -0.39 is 0 Å². The maximum Gasteiger partial charge on any atom is 2.00 e. The standard InChI is InChI=1S/3C3H3P2.3ClH.3Zr/c3*1-2-4-5-3-1;;;;;;/h3*1-2,4H;3*1H;;;/q3*-1;;;;3*+2/p-3. The number of rotatable bonds is 0. The minimum Gasteiger partial charge on any atom is -1.00 e. The molecule has 3 aromatic heterocycles. The van der Waals surface area contributed by atoms with Gasteiger partial charge in [-0.05, 0) is 0 Å². The van der Waals surface area contributed by atoms with Crippen molar-refractivity contribution < 1.29 is 116 Å². The summed E-state index contributed by atoms with van der Waals surface area (Å²) in [7, 11) is 7.04. The quantitative estimate of drug-likeness (QED) is 0.227. The molecule has 0 aliphatic rings. The summed E-state index contributed by atoms with van der Waals surface area (Å²) in [5.41, 5.74) is 0. The van der Waals surface area contributed by atoms with Gasteiger partial charge in [0.1, 0.15) is 0 Å². The number of hydrogen-bond acceptors (Lipinski definition) is 0. The van der Waals surface area contributed by atoms with Gasteiger partial charge in [0.15, 0.2) is 0 Å². The van der Waals surface area contributed by atoms with Crippen LogP contribution in [0.2, 0.25) is 0 Å². The van der Waals surface area contributed by atoms with E-state index in [1.54, 1.807) is 0 Å². The van der Waals surface area contributed by atoms with Crippen molar-refractivity contribution in [2.24, 2.45) is 0 Å². The summed E-state index contributed by atoms with van der Waals surface area (Å²) in [4.78, 5) is 0. The average Bonchev–Trinajstić information content (AvgIpc) is 3.09. The second-order valence-corrected chi connectivity index (χ2v) is 9.67. The van der Waals surface area contributed by atoms with Crippen LogP contribution in [0.15, 0.2) is 35.6 Å². The van der Waals surface area contributed by atoms with Crippen molar-refractivity contribution >= 4 is 47.2 Å². The van der Waals surface area contributed by atoms with Gasteiger partial charge in [-0.3, -0.25) is 0 Å². The zero-order chi connectivity index (χ0) is 10.6. The Balaban J connectivity index is -0.0000000352. The van der Waals surface area contributed by atoms with Crippen LogP contribution in [0.3, 0.4) is 0 Å². The second kappa shape index (κ2) is 35.3. The Kier molecular flexibility index (Phi) is 67.2. The Labute approximate surface area is 212 Å². The van der Waals surface area contributed by atoms with Crippen molar-refractivity contribution in [3.8, 4) is 0 Å². The maximum absolute atomic E-state index is 3.03. The van der Waals surface area contributed by atoms with Gasteiger partial charge in [-0.1, -0.05) is 0 Å². The van der Waals surface area contributed by atoms with Crippen LogP contribution in [0.25, 0.3) is 0 Å². The molecule has 0 saturated carbocycles. The summed E-state index contributed by atoms with van der Waals surface area (Å²) in [5, 5.41) is 0. The molecule has 0 spiro atoms. The molecular formula is C9H9Cl3P6Zr3. The zero-order valence-electron chi connectivity index (χ0n) is 10.4. The largest absolute Gasteiger partial charge is 2.00 e. The van der Waals surface area contributed by atoms with Gasteiger partial charge in [0.05, 0.1) is 0 Å². The van der Waals surface area contributed by atoms with Crippen LogP contribution >= 0.6 is 47.2 Å². The van der Waals surface area contributed by atoms with Crippen LogP contribution < -0.4 is 37.2 Å². The Bertz CT molecular complexity index is 271. The summed E-state index contributed by atoms with van der Waals surface area (Å²) in [5.74, 6) is 15.5. The molecule has 108 valence electrons. The smallest absolute Gasteiger partial charge is 1.00 e. The first-order chi connectivity index (χ1) is 7.50. The summed E-state index contributed by atoms with van der Waals surface area (Å²) >= 11 is 0. The van der Waals surface area contributed by atoms with E-state index in [4.69, 9.17) is 0 Å². The summed E-state index contributed by atoms with van der Waals surface area (Å²) < 4.78 is 0. The molecule has 3 unspecified atom stereocenters. The van der Waals surface area contributed by atoms with Crippen molar-refractivity contribution in [3.05, 3.63) is 53.0 Å². The molecule has 3 aromatic rings. The number of halogens is 3. The minimum atomic E-state index is 0. The van der Waals surface area contributed by atoms with E-state index in [1.807, 2.05) is 18.2 Å². The predicted octanol–water partition coefficient (Wildman–Crippen LogP) is -2.70. The Morgan fingerprint density at radius 3 is 0.810 bits per heavy atom. The minimum absolute atomic E-state index is 0. The predicted molar refractivity (Wildman–Crippen MR) is 81.9 cm³/mol. The van der Waals surface area contributed by atoms with Crippen LogP contribution in [0.1, 0.15) is 0 Å². The average molecular weight is 683 g/mol. The van der Waals surface area contributed by atoms with Gasteiger partial charge in [-0.2, -0.15) is 41.0 Å². The van der Waals surface area contributed by atoms with E-state index in [0.29, 0.717) is 0 Å². The Morgan fingerprint density at radius 1 is 0.524 bits per heavy atom. The van der Waals surface area contributed by atoms with Crippen LogP contribution in [0.4, 0.5) is 0 Å². The molecule has 21 heavy (non-hydrogen) atoms.